The fourth-order valence-electron chi connectivity index (χ4n) is 2.41. The van der Waals surface area contributed by atoms with E-state index >= 15 is 0 Å². The summed E-state index contributed by atoms with van der Waals surface area (Å²) in [5.74, 6) is -1.47. The number of amides is 1. The number of nitrogens with two attached hydrogens (primary N) is 1. The van der Waals surface area contributed by atoms with Gasteiger partial charge in [-0.15, -0.1) is 0 Å². The van der Waals surface area contributed by atoms with Gasteiger partial charge in [0.1, 0.15) is 11.8 Å². The Morgan fingerprint density at radius 1 is 1.28 bits per heavy atom. The van der Waals surface area contributed by atoms with E-state index in [9.17, 15) is 19.8 Å². The molecule has 0 aliphatic rings. The summed E-state index contributed by atoms with van der Waals surface area (Å²) in [6, 6.07) is 4.51. The van der Waals surface area contributed by atoms with Crippen molar-refractivity contribution < 1.29 is 19.8 Å². The number of nitrogens with one attached hydrogen (secondary N) is 1. The summed E-state index contributed by atoms with van der Waals surface area (Å²) in [7, 11) is 0. The minimum Gasteiger partial charge on any atom is -0.508 e. The third-order valence-electron chi connectivity index (χ3n) is 3.81. The van der Waals surface area contributed by atoms with Crippen molar-refractivity contribution in [3.8, 4) is 5.75 Å². The Kier molecular flexibility index (Phi) is 6.53. The molecule has 134 valence electrons. The maximum atomic E-state index is 12.2. The second-order valence-electron chi connectivity index (χ2n) is 5.82. The molecule has 0 aliphatic heterocycles. The number of carbonyl (C=O) groups excluding carboxylic acids is 1. The quantitative estimate of drug-likeness (QED) is 0.523. The zero-order valence-corrected chi connectivity index (χ0v) is 13.7. The van der Waals surface area contributed by atoms with Crippen LogP contribution in [0.1, 0.15) is 18.4 Å². The van der Waals surface area contributed by atoms with Crippen molar-refractivity contribution in [2.24, 2.45) is 5.73 Å². The number of carboxylic acid groups (broad SMARTS) is 1. The van der Waals surface area contributed by atoms with Gasteiger partial charge in [-0.25, -0.2) is 9.78 Å². The minimum atomic E-state index is -1.09. The number of carbonyl (C=O) groups is 2. The highest BCUT2D eigenvalue weighted by atomic mass is 16.4. The molecule has 0 aliphatic carbocycles. The summed E-state index contributed by atoms with van der Waals surface area (Å²) in [5, 5.41) is 21.0. The summed E-state index contributed by atoms with van der Waals surface area (Å²) in [4.78, 5) is 27.4. The van der Waals surface area contributed by atoms with E-state index in [4.69, 9.17) is 5.73 Å². The lowest BCUT2D eigenvalue weighted by Gasteiger charge is -2.18. The monoisotopic (exact) mass is 346 g/mol. The highest BCUT2D eigenvalue weighted by Gasteiger charge is 2.23. The maximum absolute atomic E-state index is 12.2. The SMILES string of the molecule is N[C@@H](Cc1ccc(O)cc1)C(=O)N[C@H](CCCn1ccnc1)C(=O)O. The van der Waals surface area contributed by atoms with Gasteiger partial charge < -0.3 is 25.8 Å². The van der Waals surface area contributed by atoms with Crippen molar-refractivity contribution in [1.29, 1.82) is 0 Å². The Labute approximate surface area is 145 Å². The van der Waals surface area contributed by atoms with Crippen molar-refractivity contribution in [3.05, 3.63) is 48.5 Å². The van der Waals surface area contributed by atoms with Gasteiger partial charge in [-0.2, -0.15) is 0 Å². The van der Waals surface area contributed by atoms with Gasteiger partial charge >= 0.3 is 5.97 Å². The number of nitrogens with zero attached hydrogens (tertiary/aromatic N) is 2. The summed E-state index contributed by atoms with van der Waals surface area (Å²) >= 11 is 0. The molecule has 0 fully saturated rings. The average Bonchev–Trinajstić information content (AvgIpc) is 3.09. The van der Waals surface area contributed by atoms with E-state index in [0.29, 0.717) is 19.4 Å². The van der Waals surface area contributed by atoms with Gasteiger partial charge in [0.25, 0.3) is 0 Å². The van der Waals surface area contributed by atoms with Crippen molar-refractivity contribution in [2.45, 2.75) is 37.9 Å². The number of hydrogen-bond donors (Lipinski definition) is 4. The van der Waals surface area contributed by atoms with E-state index in [1.54, 1.807) is 30.9 Å². The summed E-state index contributed by atoms with van der Waals surface area (Å²) in [6.45, 7) is 0.624. The molecule has 8 heteroatoms. The molecule has 2 rings (SSSR count). The molecule has 2 aromatic rings. The van der Waals surface area contributed by atoms with Crippen LogP contribution in [0, 0.1) is 0 Å². The molecule has 1 aromatic heterocycles. The molecule has 1 aromatic carbocycles. The highest BCUT2D eigenvalue weighted by Crippen LogP contribution is 2.11. The van der Waals surface area contributed by atoms with Crippen LogP contribution in [0.4, 0.5) is 0 Å². The number of benzene rings is 1. The molecule has 0 unspecified atom stereocenters. The molecular weight excluding hydrogens is 324 g/mol. The number of imidazole rings is 1. The normalized spacial score (nSPS) is 13.2. The van der Waals surface area contributed by atoms with Crippen LogP contribution in [-0.2, 0) is 22.6 Å². The average molecular weight is 346 g/mol. The van der Waals surface area contributed by atoms with Crippen molar-refractivity contribution >= 4 is 11.9 Å². The Balaban J connectivity index is 1.83. The van der Waals surface area contributed by atoms with Crippen molar-refractivity contribution in [1.82, 2.24) is 14.9 Å². The van der Waals surface area contributed by atoms with Gasteiger partial charge in [-0.3, -0.25) is 4.79 Å². The van der Waals surface area contributed by atoms with E-state index in [-0.39, 0.29) is 12.2 Å². The largest absolute Gasteiger partial charge is 0.508 e. The van der Waals surface area contributed by atoms with E-state index in [2.05, 4.69) is 10.3 Å². The number of hydrogen-bond acceptors (Lipinski definition) is 5. The van der Waals surface area contributed by atoms with Gasteiger partial charge in [0.15, 0.2) is 0 Å². The van der Waals surface area contributed by atoms with Crippen LogP contribution in [0.5, 0.6) is 5.75 Å². The first-order chi connectivity index (χ1) is 12.0. The molecule has 5 N–H and O–H groups in total. The molecule has 0 saturated heterocycles. The van der Waals surface area contributed by atoms with Crippen LogP contribution < -0.4 is 11.1 Å². The first-order valence-electron chi connectivity index (χ1n) is 7.98. The topological polar surface area (TPSA) is 130 Å². The number of aromatic hydroxyl groups is 1. The van der Waals surface area contributed by atoms with Crippen LogP contribution in [0.15, 0.2) is 43.0 Å². The lowest BCUT2D eigenvalue weighted by molar-refractivity contribution is -0.142. The lowest BCUT2D eigenvalue weighted by atomic mass is 10.0. The first-order valence-corrected chi connectivity index (χ1v) is 7.98. The molecule has 1 amide bonds. The standard InChI is InChI=1S/C17H22N4O4/c18-14(10-12-3-5-13(22)6-4-12)16(23)20-15(17(24)25)2-1-8-21-9-7-19-11-21/h3-7,9,11,14-15,22H,1-2,8,10,18H2,(H,20,23)(H,24,25)/t14-,15+/m0/s1. The molecule has 1 heterocycles. The Morgan fingerprint density at radius 3 is 2.60 bits per heavy atom. The fraction of sp³-hybridized carbons (Fsp3) is 0.353. The van der Waals surface area contributed by atoms with E-state index in [0.717, 1.165) is 5.56 Å². The number of phenols is 1. The third kappa shape index (κ3) is 5.92. The molecule has 25 heavy (non-hydrogen) atoms. The Bertz CT molecular complexity index is 685. The summed E-state index contributed by atoms with van der Waals surface area (Å²) in [6.07, 6.45) is 6.24. The molecule has 8 nitrogen and oxygen atoms in total. The molecule has 0 bridgehead atoms. The zero-order valence-electron chi connectivity index (χ0n) is 13.7. The van der Waals surface area contributed by atoms with E-state index in [1.807, 2.05) is 4.57 Å². The molecular formula is C17H22N4O4. The van der Waals surface area contributed by atoms with Gasteiger partial charge in [0.05, 0.1) is 12.4 Å². The molecule has 2 atom stereocenters. The predicted octanol–water partition coefficient (Wildman–Crippen LogP) is 0.508. The van der Waals surface area contributed by atoms with Crippen molar-refractivity contribution in [3.63, 3.8) is 0 Å². The first kappa shape index (κ1) is 18.5. The lowest BCUT2D eigenvalue weighted by Crippen LogP contribution is -2.49. The summed E-state index contributed by atoms with van der Waals surface area (Å²) < 4.78 is 1.84. The van der Waals surface area contributed by atoms with Crippen LogP contribution in [0.2, 0.25) is 0 Å². The second kappa shape index (κ2) is 8.84. The van der Waals surface area contributed by atoms with Gasteiger partial charge in [-0.1, -0.05) is 12.1 Å². The number of rotatable bonds is 9. The zero-order chi connectivity index (χ0) is 18.2. The number of aliphatic carboxylic acids is 1. The van der Waals surface area contributed by atoms with Crippen LogP contribution in [0.25, 0.3) is 0 Å². The van der Waals surface area contributed by atoms with Gasteiger partial charge in [-0.05, 0) is 37.0 Å². The highest BCUT2D eigenvalue weighted by molar-refractivity contribution is 5.86. The van der Waals surface area contributed by atoms with Crippen LogP contribution in [-0.4, -0.2) is 43.7 Å². The fourth-order valence-corrected chi connectivity index (χ4v) is 2.41. The van der Waals surface area contributed by atoms with E-state index in [1.165, 1.54) is 12.1 Å². The number of aryl methyl sites for hydroxylation is 1. The molecule has 0 spiro atoms. The minimum absolute atomic E-state index is 0.130. The third-order valence-corrected chi connectivity index (χ3v) is 3.81. The second-order valence-corrected chi connectivity index (χ2v) is 5.82. The van der Waals surface area contributed by atoms with Crippen molar-refractivity contribution in [2.75, 3.05) is 0 Å². The Hall–Kier alpha value is -2.87. The van der Waals surface area contributed by atoms with Gasteiger partial charge in [0.2, 0.25) is 5.91 Å². The predicted molar refractivity (Wildman–Crippen MR) is 90.8 cm³/mol. The Morgan fingerprint density at radius 2 is 2.00 bits per heavy atom. The summed E-state index contributed by atoms with van der Waals surface area (Å²) in [5.41, 5.74) is 6.65. The van der Waals surface area contributed by atoms with E-state index < -0.39 is 24.0 Å². The number of aromatic nitrogens is 2. The maximum Gasteiger partial charge on any atom is 0.326 e. The van der Waals surface area contributed by atoms with Gasteiger partial charge in [0, 0.05) is 18.9 Å². The molecule has 0 saturated carbocycles. The number of phenolic OH excluding ortho intramolecular Hbond substituents is 1. The molecule has 0 radical (unpaired) electrons. The van der Waals surface area contributed by atoms with Crippen LogP contribution in [0.3, 0.4) is 0 Å². The smallest absolute Gasteiger partial charge is 0.326 e. The van der Waals surface area contributed by atoms with Crippen LogP contribution >= 0.6 is 0 Å². The number of carboxylic acids is 1.